The van der Waals surface area contributed by atoms with Crippen molar-refractivity contribution in [3.8, 4) is 0 Å². The van der Waals surface area contributed by atoms with Crippen LogP contribution in [-0.4, -0.2) is 29.6 Å². The van der Waals surface area contributed by atoms with E-state index in [4.69, 9.17) is 9.84 Å². The van der Waals surface area contributed by atoms with E-state index in [0.29, 0.717) is 0 Å². The molecule has 0 radical (unpaired) electrons. The van der Waals surface area contributed by atoms with Crippen molar-refractivity contribution in [1.29, 1.82) is 0 Å². The fourth-order valence-electron chi connectivity index (χ4n) is 0.902. The number of hydrogen-bond donors (Lipinski definition) is 1. The number of rotatable bonds is 3. The molecule has 0 fully saturated rings. The van der Waals surface area contributed by atoms with E-state index in [1.807, 2.05) is 0 Å². The van der Waals surface area contributed by atoms with Crippen molar-refractivity contribution < 1.29 is 23.0 Å². The van der Waals surface area contributed by atoms with Crippen LogP contribution in [0.2, 0.25) is 0 Å². The van der Waals surface area contributed by atoms with Gasteiger partial charge in [0.05, 0.1) is 24.7 Å². The van der Waals surface area contributed by atoms with Gasteiger partial charge in [-0.2, -0.15) is 13.2 Å². The zero-order chi connectivity index (χ0) is 10.7. The van der Waals surface area contributed by atoms with Gasteiger partial charge in [-0.15, -0.1) is 0 Å². The maximum absolute atomic E-state index is 11.9. The topological polar surface area (TPSA) is 29.5 Å². The minimum atomic E-state index is -4.29. The van der Waals surface area contributed by atoms with Crippen molar-refractivity contribution in [2.45, 2.75) is 45.1 Å². The summed E-state index contributed by atoms with van der Waals surface area (Å²) in [4.78, 5) is 0. The second kappa shape index (κ2) is 4.28. The van der Waals surface area contributed by atoms with Gasteiger partial charge in [0.1, 0.15) is 0 Å². The monoisotopic (exact) mass is 200 g/mol. The molecule has 1 N–H and O–H groups in total. The van der Waals surface area contributed by atoms with Crippen LogP contribution in [0.1, 0.15) is 27.2 Å². The zero-order valence-corrected chi connectivity index (χ0v) is 7.98. The van der Waals surface area contributed by atoms with Gasteiger partial charge in [-0.1, -0.05) is 0 Å². The van der Waals surface area contributed by atoms with Crippen molar-refractivity contribution >= 4 is 0 Å². The summed E-state index contributed by atoms with van der Waals surface area (Å²) >= 11 is 0. The molecule has 0 amide bonds. The molecule has 5 heteroatoms. The number of aliphatic hydroxyl groups is 1. The summed E-state index contributed by atoms with van der Waals surface area (Å²) < 4.78 is 40.6. The van der Waals surface area contributed by atoms with E-state index in [1.54, 1.807) is 20.8 Å². The second-order valence-corrected chi connectivity index (χ2v) is 3.85. The maximum atomic E-state index is 11.9. The highest BCUT2D eigenvalue weighted by Crippen LogP contribution is 2.25. The summed E-state index contributed by atoms with van der Waals surface area (Å²) in [5.41, 5.74) is -0.668. The van der Waals surface area contributed by atoms with E-state index in [-0.39, 0.29) is 0 Å². The summed E-state index contributed by atoms with van der Waals surface area (Å²) in [7, 11) is 0. The second-order valence-electron chi connectivity index (χ2n) is 3.85. The Morgan fingerprint density at radius 2 is 1.69 bits per heavy atom. The Kier molecular flexibility index (Phi) is 4.19. The third-order valence-corrected chi connectivity index (χ3v) is 1.18. The van der Waals surface area contributed by atoms with E-state index in [0.717, 1.165) is 0 Å². The number of aliphatic hydroxyl groups excluding tert-OH is 1. The Hall–Kier alpha value is -0.290. The van der Waals surface area contributed by atoms with Gasteiger partial charge in [0.25, 0.3) is 0 Å². The molecule has 0 aromatic carbocycles. The first-order valence-electron chi connectivity index (χ1n) is 3.99. The lowest BCUT2D eigenvalue weighted by Crippen LogP contribution is -2.33. The predicted molar refractivity (Wildman–Crippen MR) is 42.4 cm³/mol. The zero-order valence-electron chi connectivity index (χ0n) is 7.98. The molecule has 13 heavy (non-hydrogen) atoms. The van der Waals surface area contributed by atoms with Gasteiger partial charge < -0.3 is 9.84 Å². The lowest BCUT2D eigenvalue weighted by Gasteiger charge is -2.26. The predicted octanol–water partition coefficient (Wildman–Crippen LogP) is 2.11. The average molecular weight is 200 g/mol. The highest BCUT2D eigenvalue weighted by atomic mass is 19.4. The van der Waals surface area contributed by atoms with Crippen LogP contribution in [0.3, 0.4) is 0 Å². The highest BCUT2D eigenvalue weighted by molar-refractivity contribution is 4.68. The largest absolute Gasteiger partial charge is 0.394 e. The van der Waals surface area contributed by atoms with Crippen LogP contribution >= 0.6 is 0 Å². The molecule has 0 aromatic heterocycles. The molecule has 0 aromatic rings. The molecule has 0 spiro atoms. The van der Waals surface area contributed by atoms with E-state index < -0.39 is 30.9 Å². The SMILES string of the molecule is CC(C)(C)OC(CO)CC(F)(F)F. The number of hydrogen-bond acceptors (Lipinski definition) is 2. The van der Waals surface area contributed by atoms with Crippen molar-refractivity contribution in [2.24, 2.45) is 0 Å². The normalized spacial score (nSPS) is 15.9. The first-order valence-corrected chi connectivity index (χ1v) is 3.99. The summed E-state index contributed by atoms with van der Waals surface area (Å²) in [5.74, 6) is 0. The molecule has 2 nitrogen and oxygen atoms in total. The Morgan fingerprint density at radius 3 is 1.92 bits per heavy atom. The van der Waals surface area contributed by atoms with Crippen molar-refractivity contribution in [3.05, 3.63) is 0 Å². The van der Waals surface area contributed by atoms with Crippen LogP contribution in [-0.2, 0) is 4.74 Å². The van der Waals surface area contributed by atoms with Crippen molar-refractivity contribution in [2.75, 3.05) is 6.61 Å². The van der Waals surface area contributed by atoms with E-state index in [1.165, 1.54) is 0 Å². The Bertz CT molecular complexity index is 132. The van der Waals surface area contributed by atoms with Gasteiger partial charge in [-0.25, -0.2) is 0 Å². The lowest BCUT2D eigenvalue weighted by molar-refractivity contribution is -0.182. The van der Waals surface area contributed by atoms with Crippen molar-refractivity contribution in [1.82, 2.24) is 0 Å². The van der Waals surface area contributed by atoms with Gasteiger partial charge in [-0.05, 0) is 20.8 Å². The van der Waals surface area contributed by atoms with Crippen molar-refractivity contribution in [3.63, 3.8) is 0 Å². The average Bonchev–Trinajstić information content (AvgIpc) is 1.79. The van der Waals surface area contributed by atoms with E-state index in [9.17, 15) is 13.2 Å². The van der Waals surface area contributed by atoms with Crippen LogP contribution < -0.4 is 0 Å². The fourth-order valence-corrected chi connectivity index (χ4v) is 0.902. The number of alkyl halides is 3. The Balaban J connectivity index is 4.05. The van der Waals surface area contributed by atoms with Crippen LogP contribution in [0.15, 0.2) is 0 Å². The molecule has 1 unspecified atom stereocenters. The molecule has 0 aliphatic rings. The van der Waals surface area contributed by atoms with Gasteiger partial charge in [0, 0.05) is 0 Å². The summed E-state index contributed by atoms with van der Waals surface area (Å²) in [5, 5.41) is 8.63. The summed E-state index contributed by atoms with van der Waals surface area (Å²) in [6.45, 7) is 4.32. The van der Waals surface area contributed by atoms with Gasteiger partial charge >= 0.3 is 6.18 Å². The van der Waals surface area contributed by atoms with Crippen LogP contribution in [0, 0.1) is 0 Å². The molecule has 0 bridgehead atoms. The first kappa shape index (κ1) is 12.7. The minimum Gasteiger partial charge on any atom is -0.394 e. The molecule has 0 rings (SSSR count). The molecule has 0 aliphatic heterocycles. The summed E-state index contributed by atoms with van der Waals surface area (Å²) in [6.07, 6.45) is -6.57. The van der Waals surface area contributed by atoms with Gasteiger partial charge in [0.2, 0.25) is 0 Å². The molecule has 0 saturated heterocycles. The molecule has 0 saturated carbocycles. The van der Waals surface area contributed by atoms with Crippen LogP contribution in [0.5, 0.6) is 0 Å². The molecular formula is C8H15F3O2. The van der Waals surface area contributed by atoms with Gasteiger partial charge in [0.15, 0.2) is 0 Å². The molecular weight excluding hydrogens is 185 g/mol. The third kappa shape index (κ3) is 8.05. The standard InChI is InChI=1S/C8H15F3O2/c1-7(2,3)13-6(5-12)4-8(9,10)11/h6,12H,4-5H2,1-3H3. The quantitative estimate of drug-likeness (QED) is 0.756. The molecule has 1 atom stereocenters. The fraction of sp³-hybridized carbons (Fsp3) is 1.00. The first-order chi connectivity index (χ1) is 5.64. The lowest BCUT2D eigenvalue weighted by atomic mass is 10.1. The third-order valence-electron chi connectivity index (χ3n) is 1.18. The van der Waals surface area contributed by atoms with E-state index >= 15 is 0 Å². The minimum absolute atomic E-state index is 0.614. The van der Waals surface area contributed by atoms with Crippen LogP contribution in [0.4, 0.5) is 13.2 Å². The maximum Gasteiger partial charge on any atom is 0.391 e. The Labute approximate surface area is 75.7 Å². The Morgan fingerprint density at radius 1 is 1.23 bits per heavy atom. The highest BCUT2D eigenvalue weighted by Gasteiger charge is 2.33. The molecule has 80 valence electrons. The molecule has 0 aliphatic carbocycles. The molecule has 0 heterocycles. The van der Waals surface area contributed by atoms with Gasteiger partial charge in [-0.3, -0.25) is 0 Å². The summed E-state index contributed by atoms with van der Waals surface area (Å²) in [6, 6.07) is 0. The smallest absolute Gasteiger partial charge is 0.391 e. The number of halogens is 3. The number of ether oxygens (including phenoxy) is 1. The van der Waals surface area contributed by atoms with E-state index in [2.05, 4.69) is 0 Å². The van der Waals surface area contributed by atoms with Crippen LogP contribution in [0.25, 0.3) is 0 Å².